The summed E-state index contributed by atoms with van der Waals surface area (Å²) in [5.41, 5.74) is 0.543. The average Bonchev–Trinajstić information content (AvgIpc) is 2.66. The van der Waals surface area contributed by atoms with Gasteiger partial charge >= 0.3 is 0 Å². The molecule has 0 aliphatic carbocycles. The Bertz CT molecular complexity index is 875. The van der Waals surface area contributed by atoms with Crippen LogP contribution in [0.5, 0.6) is 0 Å². The SMILES string of the molecule is O=C(Cc1c(F)cc(F)cc1F)NCC1CN(Cc2ccc(Cl)c(Cl)c2)CCO1. The first-order chi connectivity index (χ1) is 13.8. The minimum atomic E-state index is -1.08. The van der Waals surface area contributed by atoms with Crippen LogP contribution in [0.25, 0.3) is 0 Å². The molecule has 0 bridgehead atoms. The van der Waals surface area contributed by atoms with Crippen molar-refractivity contribution < 1.29 is 22.7 Å². The van der Waals surface area contributed by atoms with Crippen molar-refractivity contribution in [2.75, 3.05) is 26.2 Å². The fourth-order valence-electron chi connectivity index (χ4n) is 3.14. The Morgan fingerprint density at radius 2 is 1.86 bits per heavy atom. The number of nitrogens with one attached hydrogen (secondary N) is 1. The number of rotatable bonds is 6. The second-order valence-electron chi connectivity index (χ2n) is 6.81. The third kappa shape index (κ3) is 6.09. The fraction of sp³-hybridized carbons (Fsp3) is 0.350. The molecular formula is C20H19Cl2F3N2O2. The van der Waals surface area contributed by atoms with Gasteiger partial charge in [-0.25, -0.2) is 13.2 Å². The predicted molar refractivity (Wildman–Crippen MR) is 105 cm³/mol. The van der Waals surface area contributed by atoms with Crippen molar-refractivity contribution >= 4 is 29.1 Å². The van der Waals surface area contributed by atoms with Crippen LogP contribution in [0.15, 0.2) is 30.3 Å². The number of hydrogen-bond donors (Lipinski definition) is 1. The molecule has 29 heavy (non-hydrogen) atoms. The van der Waals surface area contributed by atoms with Crippen LogP contribution in [0.4, 0.5) is 13.2 Å². The highest BCUT2D eigenvalue weighted by atomic mass is 35.5. The van der Waals surface area contributed by atoms with Crippen LogP contribution in [-0.4, -0.2) is 43.2 Å². The molecular weight excluding hydrogens is 428 g/mol. The molecule has 156 valence electrons. The van der Waals surface area contributed by atoms with Crippen molar-refractivity contribution in [2.24, 2.45) is 0 Å². The second-order valence-corrected chi connectivity index (χ2v) is 7.62. The molecule has 1 amide bonds. The van der Waals surface area contributed by atoms with Gasteiger partial charge in [-0.05, 0) is 17.7 Å². The summed E-state index contributed by atoms with van der Waals surface area (Å²) in [5, 5.41) is 3.59. The molecule has 9 heteroatoms. The van der Waals surface area contributed by atoms with Crippen molar-refractivity contribution in [3.8, 4) is 0 Å². The maximum Gasteiger partial charge on any atom is 0.224 e. The van der Waals surface area contributed by atoms with Gasteiger partial charge < -0.3 is 10.1 Å². The standard InChI is InChI=1S/C20H19Cl2F3N2O2/c21-16-2-1-12(5-17(16)22)10-27-3-4-29-14(11-27)9-26-20(28)8-15-18(24)6-13(23)7-19(15)25/h1-2,5-7,14H,3-4,8-11H2,(H,26,28). The zero-order valence-corrected chi connectivity index (χ0v) is 16.9. The highest BCUT2D eigenvalue weighted by Crippen LogP contribution is 2.23. The molecule has 1 heterocycles. The van der Waals surface area contributed by atoms with Crippen LogP contribution in [0.3, 0.4) is 0 Å². The largest absolute Gasteiger partial charge is 0.374 e. The highest BCUT2D eigenvalue weighted by Gasteiger charge is 2.22. The number of hydrogen-bond acceptors (Lipinski definition) is 3. The van der Waals surface area contributed by atoms with E-state index >= 15 is 0 Å². The molecule has 0 saturated carbocycles. The van der Waals surface area contributed by atoms with Crippen LogP contribution in [0.1, 0.15) is 11.1 Å². The Morgan fingerprint density at radius 3 is 2.55 bits per heavy atom. The van der Waals surface area contributed by atoms with E-state index in [0.29, 0.717) is 41.9 Å². The molecule has 1 N–H and O–H groups in total. The van der Waals surface area contributed by atoms with Crippen LogP contribution in [0, 0.1) is 17.5 Å². The molecule has 4 nitrogen and oxygen atoms in total. The predicted octanol–water partition coefficient (Wildman–Crippen LogP) is 3.97. The van der Waals surface area contributed by atoms with Crippen molar-refractivity contribution in [2.45, 2.75) is 19.1 Å². The Kier molecular flexibility index (Phi) is 7.40. The van der Waals surface area contributed by atoms with E-state index in [9.17, 15) is 18.0 Å². The van der Waals surface area contributed by atoms with Gasteiger partial charge in [0.15, 0.2) is 0 Å². The van der Waals surface area contributed by atoms with Gasteiger partial charge in [0.25, 0.3) is 0 Å². The number of halogens is 5. The average molecular weight is 447 g/mol. The summed E-state index contributed by atoms with van der Waals surface area (Å²) in [6, 6.07) is 6.55. The third-order valence-corrected chi connectivity index (χ3v) is 5.32. The normalized spacial score (nSPS) is 17.3. The summed E-state index contributed by atoms with van der Waals surface area (Å²) in [7, 11) is 0. The molecule has 0 spiro atoms. The Labute approximate surface area is 176 Å². The molecule has 2 aromatic carbocycles. The number of carbonyl (C=O) groups is 1. The van der Waals surface area contributed by atoms with Crippen molar-refractivity contribution in [1.82, 2.24) is 10.2 Å². The summed E-state index contributed by atoms with van der Waals surface area (Å²) in [6.07, 6.45) is -0.782. The van der Waals surface area contributed by atoms with Gasteiger partial charge in [-0.15, -0.1) is 0 Å². The van der Waals surface area contributed by atoms with Crippen molar-refractivity contribution in [1.29, 1.82) is 0 Å². The summed E-state index contributed by atoms with van der Waals surface area (Å²) in [6.45, 7) is 2.62. The number of amides is 1. The zero-order chi connectivity index (χ0) is 21.0. The van der Waals surface area contributed by atoms with Crippen LogP contribution in [-0.2, 0) is 22.5 Å². The topological polar surface area (TPSA) is 41.6 Å². The second kappa shape index (κ2) is 9.80. The fourth-order valence-corrected chi connectivity index (χ4v) is 3.46. The Morgan fingerprint density at radius 1 is 1.14 bits per heavy atom. The molecule has 1 fully saturated rings. The first-order valence-electron chi connectivity index (χ1n) is 9.00. The van der Waals surface area contributed by atoms with Crippen LogP contribution >= 0.6 is 23.2 Å². The van der Waals surface area contributed by atoms with Crippen molar-refractivity contribution in [3.05, 3.63) is 69.0 Å². The van der Waals surface area contributed by atoms with E-state index in [1.54, 1.807) is 6.07 Å². The van der Waals surface area contributed by atoms with E-state index in [2.05, 4.69) is 10.2 Å². The first-order valence-corrected chi connectivity index (χ1v) is 9.75. The zero-order valence-electron chi connectivity index (χ0n) is 15.4. The Hall–Kier alpha value is -1.80. The Balaban J connectivity index is 1.50. The summed E-state index contributed by atoms with van der Waals surface area (Å²) < 4.78 is 45.9. The molecule has 0 radical (unpaired) electrons. The van der Waals surface area contributed by atoms with E-state index in [-0.39, 0.29) is 12.6 Å². The van der Waals surface area contributed by atoms with E-state index in [4.69, 9.17) is 27.9 Å². The maximum atomic E-state index is 13.7. The lowest BCUT2D eigenvalue weighted by Gasteiger charge is -2.33. The minimum Gasteiger partial charge on any atom is -0.374 e. The number of ether oxygens (including phenoxy) is 1. The van der Waals surface area contributed by atoms with Crippen LogP contribution in [0.2, 0.25) is 10.0 Å². The molecule has 1 aliphatic rings. The number of benzene rings is 2. The van der Waals surface area contributed by atoms with E-state index in [1.165, 1.54) is 0 Å². The molecule has 3 rings (SSSR count). The van der Waals surface area contributed by atoms with E-state index in [1.807, 2.05) is 12.1 Å². The van der Waals surface area contributed by atoms with E-state index < -0.39 is 35.3 Å². The van der Waals surface area contributed by atoms with E-state index in [0.717, 1.165) is 12.1 Å². The summed E-state index contributed by atoms with van der Waals surface area (Å²) >= 11 is 12.0. The number of nitrogens with zero attached hydrogens (tertiary/aromatic N) is 1. The quantitative estimate of drug-likeness (QED) is 0.729. The third-order valence-electron chi connectivity index (χ3n) is 4.58. The lowest BCUT2D eigenvalue weighted by atomic mass is 10.1. The molecule has 0 aromatic heterocycles. The van der Waals surface area contributed by atoms with Gasteiger partial charge in [-0.1, -0.05) is 29.3 Å². The smallest absolute Gasteiger partial charge is 0.224 e. The van der Waals surface area contributed by atoms with Crippen LogP contribution < -0.4 is 5.32 Å². The summed E-state index contributed by atoms with van der Waals surface area (Å²) in [5.74, 6) is -3.76. The van der Waals surface area contributed by atoms with Gasteiger partial charge in [-0.2, -0.15) is 0 Å². The van der Waals surface area contributed by atoms with Gasteiger partial charge in [0.2, 0.25) is 5.91 Å². The van der Waals surface area contributed by atoms with Gasteiger partial charge in [0.1, 0.15) is 17.5 Å². The van der Waals surface area contributed by atoms with Gasteiger partial charge in [-0.3, -0.25) is 9.69 Å². The molecule has 1 unspecified atom stereocenters. The maximum absolute atomic E-state index is 13.7. The highest BCUT2D eigenvalue weighted by molar-refractivity contribution is 6.42. The monoisotopic (exact) mass is 446 g/mol. The molecule has 1 aliphatic heterocycles. The minimum absolute atomic E-state index is 0.196. The van der Waals surface area contributed by atoms with Crippen molar-refractivity contribution in [3.63, 3.8) is 0 Å². The first kappa shape index (κ1) is 21.9. The number of carbonyl (C=O) groups excluding carboxylic acids is 1. The molecule has 1 atom stereocenters. The lowest BCUT2D eigenvalue weighted by Crippen LogP contribution is -2.47. The lowest BCUT2D eigenvalue weighted by molar-refractivity contribution is -0.121. The van der Waals surface area contributed by atoms with Gasteiger partial charge in [0.05, 0.1) is 29.2 Å². The molecule has 2 aromatic rings. The molecule has 1 saturated heterocycles. The van der Waals surface area contributed by atoms with Gasteiger partial charge in [0, 0.05) is 43.9 Å². The summed E-state index contributed by atoms with van der Waals surface area (Å²) in [4.78, 5) is 14.2. The number of morpholine rings is 1.